The molecule has 0 unspecified atom stereocenters. The fourth-order valence-electron chi connectivity index (χ4n) is 4.90. The first-order chi connectivity index (χ1) is 14.9. The van der Waals surface area contributed by atoms with E-state index in [4.69, 9.17) is 0 Å². The summed E-state index contributed by atoms with van der Waals surface area (Å²) >= 11 is 0. The van der Waals surface area contributed by atoms with Gasteiger partial charge in [-0.2, -0.15) is 4.31 Å². The molecular formula is C23H31N3O4S. The Kier molecular flexibility index (Phi) is 6.48. The summed E-state index contributed by atoms with van der Waals surface area (Å²) < 4.78 is 28.1. The van der Waals surface area contributed by atoms with Crippen LogP contribution in [0.5, 0.6) is 0 Å². The highest BCUT2D eigenvalue weighted by Gasteiger charge is 2.29. The van der Waals surface area contributed by atoms with E-state index in [1.165, 1.54) is 28.9 Å². The summed E-state index contributed by atoms with van der Waals surface area (Å²) in [7, 11) is -2.06. The first-order valence-electron chi connectivity index (χ1n) is 11.3. The zero-order chi connectivity index (χ0) is 22.0. The summed E-state index contributed by atoms with van der Waals surface area (Å²) in [6, 6.07) is 5.97. The van der Waals surface area contributed by atoms with Gasteiger partial charge in [0.25, 0.3) is 5.91 Å². The number of sulfonamides is 1. The minimum Gasteiger partial charge on any atom is -0.349 e. The monoisotopic (exact) mass is 445 g/mol. The number of carbonyl (C=O) groups is 1. The van der Waals surface area contributed by atoms with E-state index in [1.54, 1.807) is 13.1 Å². The van der Waals surface area contributed by atoms with Crippen LogP contribution in [-0.4, -0.2) is 42.7 Å². The molecular weight excluding hydrogens is 414 g/mol. The van der Waals surface area contributed by atoms with Crippen LogP contribution in [0, 0.1) is 0 Å². The van der Waals surface area contributed by atoms with Crippen LogP contribution in [0.3, 0.4) is 0 Å². The Labute approximate surface area is 183 Å². The Morgan fingerprint density at radius 2 is 1.65 bits per heavy atom. The minimum atomic E-state index is -3.70. The van der Waals surface area contributed by atoms with Gasteiger partial charge in [0.2, 0.25) is 15.6 Å². The zero-order valence-corrected chi connectivity index (χ0v) is 18.8. The Bertz CT molecular complexity index is 1110. The maximum atomic E-state index is 13.3. The molecule has 2 aromatic rings. The van der Waals surface area contributed by atoms with E-state index in [9.17, 15) is 18.0 Å². The van der Waals surface area contributed by atoms with Gasteiger partial charge in [-0.1, -0.05) is 38.5 Å². The predicted octanol–water partition coefficient (Wildman–Crippen LogP) is 3.54. The predicted molar refractivity (Wildman–Crippen MR) is 121 cm³/mol. The molecule has 2 aliphatic rings. The third kappa shape index (κ3) is 4.70. The lowest BCUT2D eigenvalue weighted by Gasteiger charge is -2.30. The summed E-state index contributed by atoms with van der Waals surface area (Å²) in [5, 5.41) is 3.49. The van der Waals surface area contributed by atoms with Gasteiger partial charge in [-0.25, -0.2) is 8.42 Å². The standard InChI is InChI=1S/C23H31N3O4S/c1-26(17-10-6-3-7-11-17)31(29,30)18-12-13-21-19(14-18)20(15-22(27)25-21)23(28)24-16-8-4-2-5-9-16/h12-17H,2-11H2,1H3,(H,24,28)(H,25,27). The average Bonchev–Trinajstić information content (AvgIpc) is 2.78. The summed E-state index contributed by atoms with van der Waals surface area (Å²) in [6.45, 7) is 0. The maximum Gasteiger partial charge on any atom is 0.252 e. The molecule has 1 aromatic carbocycles. The lowest BCUT2D eigenvalue weighted by atomic mass is 9.95. The average molecular weight is 446 g/mol. The van der Waals surface area contributed by atoms with Crippen molar-refractivity contribution < 1.29 is 13.2 Å². The van der Waals surface area contributed by atoms with Crippen LogP contribution in [0.1, 0.15) is 74.6 Å². The number of nitrogens with one attached hydrogen (secondary N) is 2. The van der Waals surface area contributed by atoms with Crippen molar-refractivity contribution in [1.29, 1.82) is 0 Å². The molecule has 4 rings (SSSR count). The normalized spacial score (nSPS) is 19.0. The van der Waals surface area contributed by atoms with Gasteiger partial charge in [0, 0.05) is 36.1 Å². The van der Waals surface area contributed by atoms with Crippen LogP contribution < -0.4 is 10.9 Å². The summed E-state index contributed by atoms with van der Waals surface area (Å²) in [5.74, 6) is -0.321. The minimum absolute atomic E-state index is 0.000835. The second-order valence-electron chi connectivity index (χ2n) is 8.88. The SMILES string of the molecule is CN(C1CCCCC1)S(=O)(=O)c1ccc2[nH]c(=O)cc(C(=O)NC3CCCCC3)c2c1. The number of aromatic nitrogens is 1. The third-order valence-corrected chi connectivity index (χ3v) is 8.67. The van der Waals surface area contributed by atoms with E-state index < -0.39 is 10.0 Å². The van der Waals surface area contributed by atoms with Gasteiger partial charge in [-0.3, -0.25) is 9.59 Å². The van der Waals surface area contributed by atoms with Crippen LogP contribution in [0.25, 0.3) is 10.9 Å². The number of hydrogen-bond acceptors (Lipinski definition) is 4. The van der Waals surface area contributed by atoms with Crippen molar-refractivity contribution in [2.45, 2.75) is 81.2 Å². The highest BCUT2D eigenvalue weighted by molar-refractivity contribution is 7.89. The lowest BCUT2D eigenvalue weighted by Crippen LogP contribution is -2.38. The van der Waals surface area contributed by atoms with Crippen molar-refractivity contribution in [2.24, 2.45) is 0 Å². The van der Waals surface area contributed by atoms with Crippen LogP contribution in [0.15, 0.2) is 34.0 Å². The molecule has 1 amide bonds. The Morgan fingerprint density at radius 3 is 2.32 bits per heavy atom. The van der Waals surface area contributed by atoms with Crippen molar-refractivity contribution in [3.63, 3.8) is 0 Å². The van der Waals surface area contributed by atoms with Crippen molar-refractivity contribution in [3.05, 3.63) is 40.2 Å². The molecule has 2 fully saturated rings. The quantitative estimate of drug-likeness (QED) is 0.735. The van der Waals surface area contributed by atoms with Crippen LogP contribution >= 0.6 is 0 Å². The molecule has 1 aromatic heterocycles. The number of H-pyrrole nitrogens is 1. The molecule has 0 saturated heterocycles. The summed E-state index contributed by atoms with van der Waals surface area (Å²) in [5.41, 5.74) is 0.304. The number of carbonyl (C=O) groups excluding carboxylic acids is 1. The Hall–Kier alpha value is -2.19. The van der Waals surface area contributed by atoms with Crippen molar-refractivity contribution in [1.82, 2.24) is 14.6 Å². The first kappa shape index (κ1) is 22.0. The largest absolute Gasteiger partial charge is 0.349 e. The van der Waals surface area contributed by atoms with Gasteiger partial charge in [-0.05, 0) is 43.9 Å². The van der Waals surface area contributed by atoms with Crippen LogP contribution in [-0.2, 0) is 10.0 Å². The second-order valence-corrected chi connectivity index (χ2v) is 10.9. The van der Waals surface area contributed by atoms with Gasteiger partial charge in [-0.15, -0.1) is 0 Å². The third-order valence-electron chi connectivity index (χ3n) is 6.77. The highest BCUT2D eigenvalue weighted by atomic mass is 32.2. The molecule has 2 N–H and O–H groups in total. The molecule has 0 radical (unpaired) electrons. The molecule has 168 valence electrons. The zero-order valence-electron chi connectivity index (χ0n) is 18.0. The smallest absolute Gasteiger partial charge is 0.252 e. The number of benzene rings is 1. The number of fused-ring (bicyclic) bond motifs is 1. The summed E-state index contributed by atoms with van der Waals surface area (Å²) in [6.07, 6.45) is 10.1. The molecule has 0 aliphatic heterocycles. The van der Waals surface area contributed by atoms with Gasteiger partial charge in [0.05, 0.1) is 10.5 Å². The van der Waals surface area contributed by atoms with Crippen molar-refractivity contribution in [2.75, 3.05) is 7.05 Å². The first-order valence-corrected chi connectivity index (χ1v) is 12.8. The van der Waals surface area contributed by atoms with Gasteiger partial charge in [0.1, 0.15) is 0 Å². The van der Waals surface area contributed by atoms with Gasteiger partial charge in [0.15, 0.2) is 0 Å². The molecule has 0 spiro atoms. The number of hydrogen-bond donors (Lipinski definition) is 2. The maximum absolute atomic E-state index is 13.3. The fourth-order valence-corrected chi connectivity index (χ4v) is 6.34. The molecule has 31 heavy (non-hydrogen) atoms. The molecule has 1 heterocycles. The molecule has 8 heteroatoms. The number of rotatable bonds is 5. The Balaban J connectivity index is 1.68. The van der Waals surface area contributed by atoms with Crippen LogP contribution in [0.2, 0.25) is 0 Å². The van der Waals surface area contributed by atoms with E-state index >= 15 is 0 Å². The highest BCUT2D eigenvalue weighted by Crippen LogP contribution is 2.28. The topological polar surface area (TPSA) is 99.3 Å². The van der Waals surface area contributed by atoms with Gasteiger partial charge >= 0.3 is 0 Å². The van der Waals surface area contributed by atoms with Gasteiger partial charge < -0.3 is 10.3 Å². The van der Waals surface area contributed by atoms with Crippen LogP contribution in [0.4, 0.5) is 0 Å². The molecule has 7 nitrogen and oxygen atoms in total. The van der Waals surface area contributed by atoms with E-state index in [2.05, 4.69) is 10.3 Å². The number of pyridine rings is 1. The van der Waals surface area contributed by atoms with E-state index in [1.807, 2.05) is 0 Å². The fraction of sp³-hybridized carbons (Fsp3) is 0.565. The van der Waals surface area contributed by atoms with Crippen molar-refractivity contribution >= 4 is 26.8 Å². The van der Waals surface area contributed by atoms with E-state index in [0.29, 0.717) is 10.9 Å². The molecule has 0 bridgehead atoms. The second kappa shape index (κ2) is 9.12. The summed E-state index contributed by atoms with van der Waals surface area (Å²) in [4.78, 5) is 28.0. The number of aromatic amines is 1. The van der Waals surface area contributed by atoms with E-state index in [-0.39, 0.29) is 34.0 Å². The Morgan fingerprint density at radius 1 is 1.00 bits per heavy atom. The molecule has 2 aliphatic carbocycles. The lowest BCUT2D eigenvalue weighted by molar-refractivity contribution is 0.0929. The number of nitrogens with zero attached hydrogens (tertiary/aromatic N) is 1. The molecule has 0 atom stereocenters. The van der Waals surface area contributed by atoms with Crippen molar-refractivity contribution in [3.8, 4) is 0 Å². The number of amides is 1. The molecule has 2 saturated carbocycles. The van der Waals surface area contributed by atoms with E-state index in [0.717, 1.165) is 57.8 Å².